The highest BCUT2D eigenvalue weighted by Crippen LogP contribution is 2.23. The highest BCUT2D eigenvalue weighted by atomic mass is 14.8. The molecule has 1 unspecified atom stereocenters. The number of hydrogen-bond donors (Lipinski definition) is 1. The first-order valence-electron chi connectivity index (χ1n) is 7.21. The largest absolute Gasteiger partial charge is 0.319 e. The number of hydrogen-bond acceptors (Lipinski definition) is 1. The minimum atomic E-state index is 0.256. The van der Waals surface area contributed by atoms with E-state index in [1.54, 1.807) is 0 Å². The fraction of sp³-hybridized carbons (Fsp3) is 0.647. The van der Waals surface area contributed by atoms with Crippen molar-refractivity contribution in [2.45, 2.75) is 52.4 Å². The van der Waals surface area contributed by atoms with Gasteiger partial charge >= 0.3 is 0 Å². The molecule has 1 heteroatoms. The zero-order chi connectivity index (χ0) is 13.6. The first kappa shape index (κ1) is 15.2. The van der Waals surface area contributed by atoms with Gasteiger partial charge in [0.1, 0.15) is 0 Å². The molecule has 0 aliphatic heterocycles. The van der Waals surface area contributed by atoms with Gasteiger partial charge in [-0.15, -0.1) is 0 Å². The molecule has 0 heterocycles. The average molecular weight is 247 g/mol. The van der Waals surface area contributed by atoms with Crippen LogP contribution < -0.4 is 5.32 Å². The van der Waals surface area contributed by atoms with Crippen LogP contribution in [0.5, 0.6) is 0 Å². The van der Waals surface area contributed by atoms with Crippen LogP contribution in [-0.2, 0) is 11.8 Å². The monoisotopic (exact) mass is 247 g/mol. The molecule has 0 saturated carbocycles. The normalized spacial score (nSPS) is 13.6. The van der Waals surface area contributed by atoms with Crippen LogP contribution in [0.2, 0.25) is 0 Å². The molecule has 1 rings (SSSR count). The van der Waals surface area contributed by atoms with Gasteiger partial charge in [0.05, 0.1) is 0 Å². The van der Waals surface area contributed by atoms with E-state index in [4.69, 9.17) is 0 Å². The Bertz CT molecular complexity index is 326. The Hall–Kier alpha value is -0.820. The summed E-state index contributed by atoms with van der Waals surface area (Å²) < 4.78 is 0. The van der Waals surface area contributed by atoms with Crippen molar-refractivity contribution in [1.29, 1.82) is 0 Å². The summed E-state index contributed by atoms with van der Waals surface area (Å²) in [6.07, 6.45) is 3.77. The molecule has 0 bridgehead atoms. The maximum atomic E-state index is 3.31. The maximum absolute atomic E-state index is 3.31. The molecule has 1 N–H and O–H groups in total. The van der Waals surface area contributed by atoms with Crippen molar-refractivity contribution in [2.75, 3.05) is 13.6 Å². The van der Waals surface area contributed by atoms with Crippen molar-refractivity contribution in [2.24, 2.45) is 5.92 Å². The molecule has 0 aromatic heterocycles. The second-order valence-corrected chi connectivity index (χ2v) is 6.36. The Morgan fingerprint density at radius 3 is 2.17 bits per heavy atom. The van der Waals surface area contributed by atoms with E-state index in [1.807, 2.05) is 7.05 Å². The molecule has 18 heavy (non-hydrogen) atoms. The van der Waals surface area contributed by atoms with E-state index in [9.17, 15) is 0 Å². The molecule has 0 radical (unpaired) electrons. The Balaban J connectivity index is 2.67. The molecule has 1 aromatic carbocycles. The SMILES string of the molecule is CCCC(CNC)Cc1ccc(C(C)(C)C)cc1. The predicted molar refractivity (Wildman–Crippen MR) is 81.2 cm³/mol. The summed E-state index contributed by atoms with van der Waals surface area (Å²) in [4.78, 5) is 0. The Labute approximate surface area is 113 Å². The first-order chi connectivity index (χ1) is 8.47. The van der Waals surface area contributed by atoms with E-state index in [2.05, 4.69) is 57.3 Å². The van der Waals surface area contributed by atoms with Gasteiger partial charge < -0.3 is 5.32 Å². The third-order valence-corrected chi connectivity index (χ3v) is 3.53. The molecule has 0 saturated heterocycles. The summed E-state index contributed by atoms with van der Waals surface area (Å²) in [6, 6.07) is 9.19. The Morgan fingerprint density at radius 1 is 1.11 bits per heavy atom. The van der Waals surface area contributed by atoms with E-state index < -0.39 is 0 Å². The number of rotatable bonds is 6. The van der Waals surface area contributed by atoms with Crippen LogP contribution in [0, 0.1) is 5.92 Å². The fourth-order valence-corrected chi connectivity index (χ4v) is 2.45. The molecule has 0 aliphatic rings. The summed E-state index contributed by atoms with van der Waals surface area (Å²) in [5.41, 5.74) is 3.15. The third-order valence-electron chi connectivity index (χ3n) is 3.53. The van der Waals surface area contributed by atoms with Gasteiger partial charge in [-0.1, -0.05) is 58.4 Å². The standard InChI is InChI=1S/C17H29N/c1-6-7-15(13-18-5)12-14-8-10-16(11-9-14)17(2,3)4/h8-11,15,18H,6-7,12-13H2,1-5H3. The van der Waals surface area contributed by atoms with Gasteiger partial charge in [0, 0.05) is 0 Å². The zero-order valence-electron chi connectivity index (χ0n) is 12.7. The highest BCUT2D eigenvalue weighted by molar-refractivity contribution is 5.27. The molecule has 0 aliphatic carbocycles. The van der Waals surface area contributed by atoms with Crippen LogP contribution in [0.1, 0.15) is 51.7 Å². The third kappa shape index (κ3) is 4.81. The van der Waals surface area contributed by atoms with Crippen molar-refractivity contribution in [3.8, 4) is 0 Å². The van der Waals surface area contributed by atoms with Crippen LogP contribution in [0.15, 0.2) is 24.3 Å². The van der Waals surface area contributed by atoms with Crippen molar-refractivity contribution in [3.05, 3.63) is 35.4 Å². The van der Waals surface area contributed by atoms with Gasteiger partial charge in [-0.25, -0.2) is 0 Å². The van der Waals surface area contributed by atoms with Gasteiger partial charge in [0.15, 0.2) is 0 Å². The van der Waals surface area contributed by atoms with E-state index in [1.165, 1.54) is 30.4 Å². The van der Waals surface area contributed by atoms with Crippen LogP contribution in [-0.4, -0.2) is 13.6 Å². The molecule has 0 amide bonds. The molecule has 1 aromatic rings. The minimum Gasteiger partial charge on any atom is -0.319 e. The van der Waals surface area contributed by atoms with Gasteiger partial charge in [0.25, 0.3) is 0 Å². The number of nitrogens with one attached hydrogen (secondary N) is 1. The maximum Gasteiger partial charge on any atom is -0.00203 e. The fourth-order valence-electron chi connectivity index (χ4n) is 2.45. The van der Waals surface area contributed by atoms with Crippen LogP contribution in [0.25, 0.3) is 0 Å². The zero-order valence-corrected chi connectivity index (χ0v) is 12.7. The molecular weight excluding hydrogens is 218 g/mol. The Morgan fingerprint density at radius 2 is 1.72 bits per heavy atom. The van der Waals surface area contributed by atoms with Gasteiger partial charge in [-0.05, 0) is 48.9 Å². The summed E-state index contributed by atoms with van der Waals surface area (Å²) in [5, 5.41) is 3.31. The van der Waals surface area contributed by atoms with Gasteiger partial charge in [0.2, 0.25) is 0 Å². The first-order valence-corrected chi connectivity index (χ1v) is 7.21. The molecule has 1 atom stereocenters. The van der Waals surface area contributed by atoms with E-state index in [0.717, 1.165) is 12.5 Å². The van der Waals surface area contributed by atoms with Crippen molar-refractivity contribution in [1.82, 2.24) is 5.32 Å². The lowest BCUT2D eigenvalue weighted by molar-refractivity contribution is 0.456. The van der Waals surface area contributed by atoms with E-state index >= 15 is 0 Å². The van der Waals surface area contributed by atoms with Crippen LogP contribution in [0.4, 0.5) is 0 Å². The smallest absolute Gasteiger partial charge is 0.00203 e. The lowest BCUT2D eigenvalue weighted by atomic mass is 9.86. The second-order valence-electron chi connectivity index (χ2n) is 6.36. The van der Waals surface area contributed by atoms with Crippen molar-refractivity contribution < 1.29 is 0 Å². The molecule has 1 nitrogen and oxygen atoms in total. The van der Waals surface area contributed by atoms with E-state index in [0.29, 0.717) is 0 Å². The average Bonchev–Trinajstić information content (AvgIpc) is 2.29. The van der Waals surface area contributed by atoms with Crippen molar-refractivity contribution in [3.63, 3.8) is 0 Å². The van der Waals surface area contributed by atoms with Crippen molar-refractivity contribution >= 4 is 0 Å². The number of benzene rings is 1. The Kier molecular flexibility index (Phi) is 5.87. The minimum absolute atomic E-state index is 0.256. The summed E-state index contributed by atoms with van der Waals surface area (Å²) >= 11 is 0. The lowest BCUT2D eigenvalue weighted by Gasteiger charge is -2.20. The highest BCUT2D eigenvalue weighted by Gasteiger charge is 2.13. The quantitative estimate of drug-likeness (QED) is 0.796. The summed E-state index contributed by atoms with van der Waals surface area (Å²) in [6.45, 7) is 10.2. The lowest BCUT2D eigenvalue weighted by Crippen LogP contribution is -2.20. The van der Waals surface area contributed by atoms with Gasteiger partial charge in [-0.2, -0.15) is 0 Å². The summed E-state index contributed by atoms with van der Waals surface area (Å²) in [7, 11) is 2.05. The van der Waals surface area contributed by atoms with Gasteiger partial charge in [-0.3, -0.25) is 0 Å². The second kappa shape index (κ2) is 6.94. The molecular formula is C17H29N. The van der Waals surface area contributed by atoms with Crippen LogP contribution >= 0.6 is 0 Å². The molecule has 102 valence electrons. The predicted octanol–water partition coefficient (Wildman–Crippen LogP) is 4.16. The van der Waals surface area contributed by atoms with Crippen LogP contribution in [0.3, 0.4) is 0 Å². The van der Waals surface area contributed by atoms with E-state index in [-0.39, 0.29) is 5.41 Å². The topological polar surface area (TPSA) is 12.0 Å². The summed E-state index contributed by atoms with van der Waals surface area (Å²) in [5.74, 6) is 0.764. The molecule has 0 spiro atoms. The molecule has 0 fully saturated rings.